The van der Waals surface area contributed by atoms with Gasteiger partial charge in [0.05, 0.1) is 24.8 Å². The summed E-state index contributed by atoms with van der Waals surface area (Å²) < 4.78 is 13.8. The Morgan fingerprint density at radius 2 is 1.82 bits per heavy atom. The predicted molar refractivity (Wildman–Crippen MR) is 146 cm³/mol. The highest BCUT2D eigenvalue weighted by Gasteiger charge is 2.21. The molecule has 0 aliphatic carbocycles. The van der Waals surface area contributed by atoms with Crippen LogP contribution in [0.15, 0.2) is 87.3 Å². The van der Waals surface area contributed by atoms with Crippen molar-refractivity contribution in [2.24, 2.45) is 4.99 Å². The second-order valence-electron chi connectivity index (χ2n) is 10.1. The minimum atomic E-state index is -0.709. The van der Waals surface area contributed by atoms with Crippen molar-refractivity contribution in [1.29, 1.82) is 0 Å². The van der Waals surface area contributed by atoms with Crippen molar-refractivity contribution >= 4 is 28.6 Å². The predicted octanol–water partition coefficient (Wildman–Crippen LogP) is 4.51. The van der Waals surface area contributed by atoms with E-state index in [9.17, 15) is 14.4 Å². The third-order valence-corrected chi connectivity index (χ3v) is 6.38. The van der Waals surface area contributed by atoms with Gasteiger partial charge in [-0.25, -0.2) is 9.78 Å². The molecule has 0 bridgehead atoms. The van der Waals surface area contributed by atoms with Gasteiger partial charge in [0.2, 0.25) is 0 Å². The van der Waals surface area contributed by atoms with Crippen molar-refractivity contribution in [2.75, 3.05) is 6.61 Å². The van der Waals surface area contributed by atoms with Crippen LogP contribution < -0.4 is 11.0 Å². The molecule has 0 fully saturated rings. The topological polar surface area (TPSA) is 108 Å². The van der Waals surface area contributed by atoms with Crippen LogP contribution in [0.1, 0.15) is 59.7 Å². The lowest BCUT2D eigenvalue weighted by Crippen LogP contribution is -2.33. The normalized spacial score (nSPS) is 12.3. The van der Waals surface area contributed by atoms with E-state index in [0.717, 1.165) is 5.56 Å². The van der Waals surface area contributed by atoms with Gasteiger partial charge in [-0.1, -0.05) is 39.0 Å². The van der Waals surface area contributed by atoms with E-state index >= 15 is 0 Å². The number of fused-ring (bicyclic) bond motifs is 2. The van der Waals surface area contributed by atoms with Crippen LogP contribution in [-0.2, 0) is 16.7 Å². The van der Waals surface area contributed by atoms with Gasteiger partial charge >= 0.3 is 5.97 Å². The number of ether oxygens (including phenoxy) is 1. The molecule has 9 nitrogen and oxygen atoms in total. The summed E-state index contributed by atoms with van der Waals surface area (Å²) in [5.41, 5.74) is 1.63. The van der Waals surface area contributed by atoms with E-state index in [2.05, 4.69) is 25.8 Å². The Morgan fingerprint density at radius 3 is 2.49 bits per heavy atom. The van der Waals surface area contributed by atoms with Crippen molar-refractivity contribution in [2.45, 2.75) is 39.7 Å². The number of hydrogen-bond donors (Lipinski definition) is 0. The number of pyridine rings is 2. The van der Waals surface area contributed by atoms with Crippen molar-refractivity contribution in [3.8, 4) is 0 Å². The molecule has 0 radical (unpaired) electrons. The molecule has 198 valence electrons. The van der Waals surface area contributed by atoms with Crippen molar-refractivity contribution in [3.05, 3.63) is 111 Å². The lowest BCUT2D eigenvalue weighted by atomic mass is 9.87. The maximum Gasteiger partial charge on any atom is 0.341 e. The van der Waals surface area contributed by atoms with Crippen LogP contribution in [-0.4, -0.2) is 32.4 Å². The standard InChI is InChI=1S/C30H28N4O5/c1-5-38-29(37)23-17-22-25(31-24-10-6-7-15-33(24)28(22)36)34(18-21-9-8-16-39-21)26(23)32-27(35)19-11-13-20(14-12-19)30(2,3)4/h6-17H,5,18H2,1-4H3. The number of benzene rings is 1. The van der Waals surface area contributed by atoms with Crippen LogP contribution in [0.5, 0.6) is 0 Å². The van der Waals surface area contributed by atoms with Crippen LogP contribution in [0.25, 0.3) is 16.7 Å². The molecule has 1 amide bonds. The molecule has 0 aliphatic heterocycles. The third-order valence-electron chi connectivity index (χ3n) is 6.38. The number of rotatable bonds is 5. The van der Waals surface area contributed by atoms with Gasteiger partial charge < -0.3 is 13.7 Å². The molecule has 9 heteroatoms. The summed E-state index contributed by atoms with van der Waals surface area (Å²) in [4.78, 5) is 49.2. The number of esters is 1. The van der Waals surface area contributed by atoms with Gasteiger partial charge in [0.15, 0.2) is 5.49 Å². The molecule has 5 aromatic rings. The third kappa shape index (κ3) is 5.03. The first-order valence-electron chi connectivity index (χ1n) is 12.6. The molecule has 0 unspecified atom stereocenters. The lowest BCUT2D eigenvalue weighted by Gasteiger charge is -2.18. The maximum atomic E-state index is 13.5. The van der Waals surface area contributed by atoms with Gasteiger partial charge in [-0.3, -0.25) is 14.0 Å². The Balaban J connectivity index is 1.82. The fourth-order valence-corrected chi connectivity index (χ4v) is 4.34. The summed E-state index contributed by atoms with van der Waals surface area (Å²) in [6.07, 6.45) is 3.12. The zero-order valence-electron chi connectivity index (χ0n) is 22.2. The van der Waals surface area contributed by atoms with Crippen LogP contribution in [0.4, 0.5) is 0 Å². The number of furan rings is 1. The van der Waals surface area contributed by atoms with Crippen LogP contribution in [0.2, 0.25) is 0 Å². The molecule has 0 spiro atoms. The fraction of sp³-hybridized carbons (Fsp3) is 0.233. The highest BCUT2D eigenvalue weighted by molar-refractivity contribution is 5.97. The van der Waals surface area contributed by atoms with Crippen molar-refractivity contribution in [1.82, 2.24) is 14.0 Å². The number of amides is 1. The Hall–Kier alpha value is -4.79. The summed E-state index contributed by atoms with van der Waals surface area (Å²) in [6.45, 7) is 8.12. The van der Waals surface area contributed by atoms with E-state index < -0.39 is 11.9 Å². The molecule has 4 heterocycles. The maximum absolute atomic E-state index is 13.5. The second-order valence-corrected chi connectivity index (χ2v) is 10.1. The Labute approximate surface area is 224 Å². The minimum Gasteiger partial charge on any atom is -0.467 e. The lowest BCUT2D eigenvalue weighted by molar-refractivity contribution is 0.0523. The first kappa shape index (κ1) is 25.8. The molecule has 0 N–H and O–H groups in total. The Morgan fingerprint density at radius 1 is 1.05 bits per heavy atom. The summed E-state index contributed by atoms with van der Waals surface area (Å²) in [5, 5.41) is 0.175. The average molecular weight is 525 g/mol. The molecule has 0 saturated heterocycles. The largest absolute Gasteiger partial charge is 0.467 e. The fourth-order valence-electron chi connectivity index (χ4n) is 4.34. The average Bonchev–Trinajstić information content (AvgIpc) is 3.43. The van der Waals surface area contributed by atoms with Crippen LogP contribution in [0, 0.1) is 0 Å². The van der Waals surface area contributed by atoms with Gasteiger partial charge in [-0.15, -0.1) is 0 Å². The second kappa shape index (κ2) is 10.2. The monoisotopic (exact) mass is 524 g/mol. The number of hydrogen-bond acceptors (Lipinski definition) is 6. The summed E-state index contributed by atoms with van der Waals surface area (Å²) in [6, 6.07) is 17.3. The SMILES string of the molecule is CCOC(=O)c1cc2c(=O)n3ccccc3nc2n(Cc2ccco2)c1=NC(=O)c1ccc(C(C)(C)C)cc1. The summed E-state index contributed by atoms with van der Waals surface area (Å²) in [7, 11) is 0. The van der Waals surface area contributed by atoms with Crippen molar-refractivity contribution < 1.29 is 18.7 Å². The number of nitrogens with zero attached hydrogens (tertiary/aromatic N) is 4. The zero-order chi connectivity index (χ0) is 27.7. The van der Waals surface area contributed by atoms with E-state index in [4.69, 9.17) is 14.1 Å². The van der Waals surface area contributed by atoms with Gasteiger partial charge in [-0.2, -0.15) is 4.99 Å². The Kier molecular flexibility index (Phi) is 6.74. The molecule has 39 heavy (non-hydrogen) atoms. The van der Waals surface area contributed by atoms with Gasteiger partial charge in [0, 0.05) is 11.8 Å². The number of aromatic nitrogens is 3. The molecule has 1 aromatic carbocycles. The number of carbonyl (C=O) groups is 2. The van der Waals surface area contributed by atoms with E-state index in [1.165, 1.54) is 16.7 Å². The molecule has 0 atom stereocenters. The molecular weight excluding hydrogens is 496 g/mol. The molecule has 5 rings (SSSR count). The summed E-state index contributed by atoms with van der Waals surface area (Å²) >= 11 is 0. The first-order chi connectivity index (χ1) is 18.7. The van der Waals surface area contributed by atoms with Gasteiger partial charge in [0.1, 0.15) is 22.6 Å². The van der Waals surface area contributed by atoms with Crippen LogP contribution >= 0.6 is 0 Å². The molecule has 0 saturated carbocycles. The smallest absolute Gasteiger partial charge is 0.341 e. The van der Waals surface area contributed by atoms with Crippen LogP contribution in [0.3, 0.4) is 0 Å². The molecular formula is C30H28N4O5. The Bertz CT molecular complexity index is 1820. The zero-order valence-corrected chi connectivity index (χ0v) is 22.2. The van der Waals surface area contributed by atoms with E-state index in [0.29, 0.717) is 17.0 Å². The van der Waals surface area contributed by atoms with Gasteiger partial charge in [-0.05, 0) is 60.4 Å². The van der Waals surface area contributed by atoms with Crippen molar-refractivity contribution in [3.63, 3.8) is 0 Å². The quantitative estimate of drug-likeness (QED) is 0.247. The van der Waals surface area contributed by atoms with Gasteiger partial charge in [0.25, 0.3) is 11.5 Å². The minimum absolute atomic E-state index is 0.0226. The van der Waals surface area contributed by atoms with E-state index in [1.54, 1.807) is 60.2 Å². The molecule has 0 aliphatic rings. The molecule has 4 aromatic heterocycles. The van der Waals surface area contributed by atoms with E-state index in [-0.39, 0.29) is 46.2 Å². The highest BCUT2D eigenvalue weighted by atomic mass is 16.5. The summed E-state index contributed by atoms with van der Waals surface area (Å²) in [5.74, 6) is -0.735. The number of carbonyl (C=O) groups excluding carboxylic acids is 2. The first-order valence-corrected chi connectivity index (χ1v) is 12.6. The van der Waals surface area contributed by atoms with E-state index in [1.807, 2.05) is 12.1 Å². The highest BCUT2D eigenvalue weighted by Crippen LogP contribution is 2.22.